The molecule has 2 heterocycles. The second-order valence-electron chi connectivity index (χ2n) is 3.10. The Morgan fingerprint density at radius 3 is 2.79 bits per heavy atom. The van der Waals surface area contributed by atoms with Gasteiger partial charge in [0.2, 0.25) is 0 Å². The molecule has 1 amide bonds. The Labute approximate surface area is 77.6 Å². The SMILES string of the molecule is O=C1OC(F)(F)OC(=O)N2CCC[C@@H]12. The van der Waals surface area contributed by atoms with Crippen molar-refractivity contribution >= 4 is 12.1 Å². The molecular formula is C7H7F2NO4. The van der Waals surface area contributed by atoms with Crippen LogP contribution in [0, 0.1) is 0 Å². The van der Waals surface area contributed by atoms with Crippen LogP contribution < -0.4 is 0 Å². The third-order valence-electron chi connectivity index (χ3n) is 2.18. The van der Waals surface area contributed by atoms with E-state index in [-0.39, 0.29) is 6.54 Å². The molecule has 0 spiro atoms. The predicted octanol–water partition coefficient (Wildman–Crippen LogP) is 0.695. The minimum Gasteiger partial charge on any atom is -0.364 e. The van der Waals surface area contributed by atoms with E-state index in [1.54, 1.807) is 0 Å². The molecule has 0 aromatic carbocycles. The van der Waals surface area contributed by atoms with Crippen LogP contribution in [0.25, 0.3) is 0 Å². The van der Waals surface area contributed by atoms with Crippen LogP contribution in [0.4, 0.5) is 13.6 Å². The zero-order chi connectivity index (χ0) is 10.3. The van der Waals surface area contributed by atoms with Crippen LogP contribution in [-0.4, -0.2) is 35.8 Å². The molecule has 0 unspecified atom stereocenters. The Morgan fingerprint density at radius 1 is 1.36 bits per heavy atom. The highest BCUT2D eigenvalue weighted by atomic mass is 19.3. The highest BCUT2D eigenvalue weighted by Gasteiger charge is 2.50. The molecule has 0 N–H and O–H groups in total. The Kier molecular flexibility index (Phi) is 1.83. The number of rotatable bonds is 0. The first-order chi connectivity index (χ1) is 6.49. The molecule has 0 aliphatic carbocycles. The van der Waals surface area contributed by atoms with E-state index in [1.165, 1.54) is 0 Å². The second kappa shape index (κ2) is 2.79. The van der Waals surface area contributed by atoms with Crippen LogP contribution in [-0.2, 0) is 14.3 Å². The minimum absolute atomic E-state index is 0.245. The molecule has 2 aliphatic rings. The van der Waals surface area contributed by atoms with Gasteiger partial charge in [-0.1, -0.05) is 0 Å². The molecule has 78 valence electrons. The first kappa shape index (κ1) is 9.17. The standard InChI is InChI=1S/C7H7F2NO4/c8-7(9)13-5(11)4-2-1-3-10(4)6(12)14-7/h4H,1-3H2/t4-/m0/s1. The molecule has 0 aromatic rings. The summed E-state index contributed by atoms with van der Waals surface area (Å²) in [7, 11) is 0. The summed E-state index contributed by atoms with van der Waals surface area (Å²) >= 11 is 0. The van der Waals surface area contributed by atoms with Gasteiger partial charge in [-0.25, -0.2) is 9.59 Å². The average Bonchev–Trinajstić information content (AvgIpc) is 2.45. The molecule has 0 aromatic heterocycles. The molecule has 1 atom stereocenters. The zero-order valence-corrected chi connectivity index (χ0v) is 7.03. The van der Waals surface area contributed by atoms with E-state index in [1.807, 2.05) is 0 Å². The summed E-state index contributed by atoms with van der Waals surface area (Å²) in [6.45, 7) is 0.245. The lowest BCUT2D eigenvalue weighted by Gasteiger charge is -2.16. The number of ether oxygens (including phenoxy) is 2. The fourth-order valence-electron chi connectivity index (χ4n) is 1.60. The van der Waals surface area contributed by atoms with Gasteiger partial charge in [0, 0.05) is 6.54 Å². The lowest BCUT2D eigenvalue weighted by Crippen LogP contribution is -2.38. The maximum absolute atomic E-state index is 12.6. The van der Waals surface area contributed by atoms with E-state index >= 15 is 0 Å². The van der Waals surface area contributed by atoms with Crippen molar-refractivity contribution in [3.63, 3.8) is 0 Å². The van der Waals surface area contributed by atoms with Gasteiger partial charge in [-0.3, -0.25) is 4.90 Å². The number of carbonyl (C=O) groups excluding carboxylic acids is 2. The van der Waals surface area contributed by atoms with Crippen molar-refractivity contribution in [1.82, 2.24) is 4.90 Å². The molecule has 14 heavy (non-hydrogen) atoms. The van der Waals surface area contributed by atoms with Crippen molar-refractivity contribution in [2.45, 2.75) is 25.2 Å². The van der Waals surface area contributed by atoms with E-state index in [0.29, 0.717) is 12.8 Å². The summed E-state index contributed by atoms with van der Waals surface area (Å²) in [5.74, 6) is -1.11. The van der Waals surface area contributed by atoms with Crippen LogP contribution in [0.2, 0.25) is 0 Å². The number of cyclic esters (lactones) is 2. The molecule has 5 nitrogen and oxygen atoms in total. The summed E-state index contributed by atoms with van der Waals surface area (Å²) in [4.78, 5) is 23.1. The van der Waals surface area contributed by atoms with Gasteiger partial charge in [-0.2, -0.15) is 0 Å². The number of hydrogen-bond acceptors (Lipinski definition) is 4. The molecule has 7 heteroatoms. The third-order valence-corrected chi connectivity index (χ3v) is 2.18. The highest BCUT2D eigenvalue weighted by Crippen LogP contribution is 2.29. The molecular weight excluding hydrogens is 200 g/mol. The molecule has 0 radical (unpaired) electrons. The van der Waals surface area contributed by atoms with Crippen LogP contribution in [0.3, 0.4) is 0 Å². The number of alkyl halides is 2. The van der Waals surface area contributed by atoms with E-state index in [9.17, 15) is 18.4 Å². The van der Waals surface area contributed by atoms with Crippen LogP contribution in [0.1, 0.15) is 12.8 Å². The Balaban J connectivity index is 2.26. The summed E-state index contributed by atoms with van der Waals surface area (Å²) in [6.07, 6.45) is -4.42. The summed E-state index contributed by atoms with van der Waals surface area (Å²) in [5.41, 5.74) is 0. The number of amides is 1. The number of hydrogen-bond donors (Lipinski definition) is 0. The van der Waals surface area contributed by atoms with Gasteiger partial charge in [0.25, 0.3) is 0 Å². The predicted molar refractivity (Wildman–Crippen MR) is 37.2 cm³/mol. The number of halogens is 2. The fourth-order valence-corrected chi connectivity index (χ4v) is 1.60. The molecule has 0 saturated carbocycles. The van der Waals surface area contributed by atoms with Gasteiger partial charge >= 0.3 is 18.4 Å². The van der Waals surface area contributed by atoms with E-state index < -0.39 is 24.4 Å². The normalized spacial score (nSPS) is 30.4. The van der Waals surface area contributed by atoms with Gasteiger partial charge < -0.3 is 9.47 Å². The van der Waals surface area contributed by atoms with Crippen molar-refractivity contribution in [2.75, 3.05) is 6.54 Å². The first-order valence-electron chi connectivity index (χ1n) is 4.10. The average molecular weight is 207 g/mol. The number of fused-ring (bicyclic) bond motifs is 1. The Bertz CT molecular complexity index is 267. The molecule has 2 saturated heterocycles. The summed E-state index contributed by atoms with van der Waals surface area (Å²) in [6, 6.07) is -0.920. The lowest BCUT2D eigenvalue weighted by molar-refractivity contribution is -0.343. The Hall–Kier alpha value is -1.40. The van der Waals surface area contributed by atoms with Crippen molar-refractivity contribution in [1.29, 1.82) is 0 Å². The maximum Gasteiger partial charge on any atom is 0.591 e. The molecule has 2 aliphatic heterocycles. The monoisotopic (exact) mass is 207 g/mol. The van der Waals surface area contributed by atoms with Crippen LogP contribution in [0.15, 0.2) is 0 Å². The van der Waals surface area contributed by atoms with Gasteiger partial charge in [0.15, 0.2) is 0 Å². The second-order valence-corrected chi connectivity index (χ2v) is 3.10. The van der Waals surface area contributed by atoms with E-state index in [4.69, 9.17) is 0 Å². The quantitative estimate of drug-likeness (QED) is 0.548. The van der Waals surface area contributed by atoms with Crippen molar-refractivity contribution in [3.8, 4) is 0 Å². The lowest BCUT2D eigenvalue weighted by atomic mass is 10.2. The molecule has 0 bridgehead atoms. The van der Waals surface area contributed by atoms with Crippen molar-refractivity contribution in [3.05, 3.63) is 0 Å². The van der Waals surface area contributed by atoms with Crippen molar-refractivity contribution in [2.24, 2.45) is 0 Å². The van der Waals surface area contributed by atoms with Gasteiger partial charge in [0.1, 0.15) is 6.04 Å². The number of nitrogens with zero attached hydrogens (tertiary/aromatic N) is 1. The van der Waals surface area contributed by atoms with Crippen molar-refractivity contribution < 1.29 is 27.8 Å². The van der Waals surface area contributed by atoms with Gasteiger partial charge in [-0.15, -0.1) is 8.78 Å². The van der Waals surface area contributed by atoms with Gasteiger partial charge in [0.05, 0.1) is 0 Å². The zero-order valence-electron chi connectivity index (χ0n) is 7.03. The number of esters is 1. The van der Waals surface area contributed by atoms with Crippen LogP contribution >= 0.6 is 0 Å². The topological polar surface area (TPSA) is 55.8 Å². The van der Waals surface area contributed by atoms with E-state index in [2.05, 4.69) is 9.47 Å². The highest BCUT2D eigenvalue weighted by molar-refractivity contribution is 5.83. The summed E-state index contributed by atoms with van der Waals surface area (Å²) < 4.78 is 32.5. The third kappa shape index (κ3) is 1.38. The number of carbonyl (C=O) groups is 2. The smallest absolute Gasteiger partial charge is 0.364 e. The van der Waals surface area contributed by atoms with Crippen LogP contribution in [0.5, 0.6) is 0 Å². The largest absolute Gasteiger partial charge is 0.591 e. The molecule has 2 rings (SSSR count). The molecule has 2 fully saturated rings. The Morgan fingerprint density at radius 2 is 2.07 bits per heavy atom. The maximum atomic E-state index is 12.6. The van der Waals surface area contributed by atoms with E-state index in [0.717, 1.165) is 4.90 Å². The first-order valence-corrected chi connectivity index (χ1v) is 4.10. The summed E-state index contributed by atoms with van der Waals surface area (Å²) in [5, 5.41) is 0. The van der Waals surface area contributed by atoms with Gasteiger partial charge in [-0.05, 0) is 12.8 Å². The minimum atomic E-state index is -4.14. The fraction of sp³-hybridized carbons (Fsp3) is 0.714.